The van der Waals surface area contributed by atoms with Crippen LogP contribution in [0.1, 0.15) is 20.3 Å². The van der Waals surface area contributed by atoms with Crippen molar-refractivity contribution >= 4 is 18.8 Å². The monoisotopic (exact) mass is 181 g/mol. The van der Waals surface area contributed by atoms with E-state index >= 15 is 0 Å². The average molecular weight is 181 g/mol. The predicted octanol–water partition coefficient (Wildman–Crippen LogP) is 1.14. The first-order chi connectivity index (χ1) is 6.24. The van der Waals surface area contributed by atoms with Gasteiger partial charge in [-0.3, -0.25) is 9.79 Å². The highest BCUT2D eigenvalue weighted by molar-refractivity contribution is 5.79. The van der Waals surface area contributed by atoms with Gasteiger partial charge in [0, 0.05) is 6.21 Å². The third kappa shape index (κ3) is 5.78. The van der Waals surface area contributed by atoms with Crippen molar-refractivity contribution in [3.05, 3.63) is 11.8 Å². The lowest BCUT2D eigenvalue weighted by atomic mass is 10.3. The molecule has 0 saturated carbocycles. The minimum atomic E-state index is -0.0102. The van der Waals surface area contributed by atoms with Gasteiger partial charge in [0.25, 0.3) is 0 Å². The standard InChI is InChI=1S/C9H15N3O/c1-3-4-11-8(2)5-9(6-10)12-7-13/h4-8,10H,3H2,1-2H3,(H,12,13)/b9-5+,10-6?,11-4?. The maximum Gasteiger partial charge on any atom is 0.211 e. The molecule has 1 atom stereocenters. The third-order valence-electron chi connectivity index (χ3n) is 1.32. The summed E-state index contributed by atoms with van der Waals surface area (Å²) in [5.74, 6) is 0. The molecule has 4 nitrogen and oxygen atoms in total. The van der Waals surface area contributed by atoms with Crippen molar-refractivity contribution in [3.63, 3.8) is 0 Å². The van der Waals surface area contributed by atoms with Crippen LogP contribution in [0.3, 0.4) is 0 Å². The first-order valence-electron chi connectivity index (χ1n) is 4.18. The van der Waals surface area contributed by atoms with Crippen LogP contribution in [0, 0.1) is 5.41 Å². The molecule has 1 amide bonds. The summed E-state index contributed by atoms with van der Waals surface area (Å²) in [6.07, 6.45) is 6.05. The summed E-state index contributed by atoms with van der Waals surface area (Å²) < 4.78 is 0. The van der Waals surface area contributed by atoms with E-state index in [2.05, 4.69) is 10.3 Å². The highest BCUT2D eigenvalue weighted by Gasteiger charge is 1.95. The number of rotatable bonds is 6. The highest BCUT2D eigenvalue weighted by Crippen LogP contribution is 1.94. The number of carbonyl (C=O) groups is 1. The fourth-order valence-electron chi connectivity index (χ4n) is 0.781. The minimum Gasteiger partial charge on any atom is -0.328 e. The second-order valence-electron chi connectivity index (χ2n) is 2.51. The van der Waals surface area contributed by atoms with Gasteiger partial charge in [0.1, 0.15) is 0 Å². The van der Waals surface area contributed by atoms with Crippen LogP contribution in [-0.2, 0) is 4.79 Å². The van der Waals surface area contributed by atoms with Gasteiger partial charge in [0.15, 0.2) is 0 Å². The molecule has 0 radical (unpaired) electrons. The summed E-state index contributed by atoms with van der Waals surface area (Å²) in [7, 11) is 0. The van der Waals surface area contributed by atoms with E-state index in [4.69, 9.17) is 5.41 Å². The Morgan fingerprint density at radius 1 is 1.69 bits per heavy atom. The molecule has 0 saturated heterocycles. The van der Waals surface area contributed by atoms with Gasteiger partial charge < -0.3 is 10.7 Å². The second-order valence-corrected chi connectivity index (χ2v) is 2.51. The lowest BCUT2D eigenvalue weighted by Crippen LogP contribution is -2.13. The summed E-state index contributed by atoms with van der Waals surface area (Å²) in [6, 6.07) is -0.0102. The predicted molar refractivity (Wildman–Crippen MR) is 54.3 cm³/mol. The van der Waals surface area contributed by atoms with Gasteiger partial charge in [-0.2, -0.15) is 0 Å². The van der Waals surface area contributed by atoms with Crippen LogP contribution in [0.5, 0.6) is 0 Å². The molecule has 72 valence electrons. The molecular formula is C9H15N3O. The molecule has 0 fully saturated rings. The van der Waals surface area contributed by atoms with E-state index in [1.54, 1.807) is 6.08 Å². The van der Waals surface area contributed by atoms with Crippen LogP contribution in [0.4, 0.5) is 0 Å². The zero-order valence-corrected chi connectivity index (χ0v) is 7.95. The normalized spacial score (nSPS) is 14.2. The number of aliphatic imine (C=N–C) groups is 1. The van der Waals surface area contributed by atoms with Crippen LogP contribution in [-0.4, -0.2) is 24.9 Å². The number of hydrogen-bond acceptors (Lipinski definition) is 3. The molecule has 0 rings (SSSR count). The number of amides is 1. The molecule has 0 aromatic heterocycles. The lowest BCUT2D eigenvalue weighted by Gasteiger charge is -2.01. The maximum absolute atomic E-state index is 10.1. The van der Waals surface area contributed by atoms with Crippen molar-refractivity contribution in [2.45, 2.75) is 26.3 Å². The molecule has 2 N–H and O–H groups in total. The van der Waals surface area contributed by atoms with Crippen LogP contribution in [0.2, 0.25) is 0 Å². The quantitative estimate of drug-likeness (QED) is 0.468. The first-order valence-corrected chi connectivity index (χ1v) is 4.18. The zero-order chi connectivity index (χ0) is 10.1. The lowest BCUT2D eigenvalue weighted by molar-refractivity contribution is -0.108. The van der Waals surface area contributed by atoms with Crippen LogP contribution in [0.25, 0.3) is 0 Å². The Bertz CT molecular complexity index is 221. The Balaban J connectivity index is 4.22. The van der Waals surface area contributed by atoms with E-state index in [9.17, 15) is 4.79 Å². The van der Waals surface area contributed by atoms with Gasteiger partial charge in [-0.15, -0.1) is 0 Å². The zero-order valence-electron chi connectivity index (χ0n) is 7.95. The molecule has 0 spiro atoms. The van der Waals surface area contributed by atoms with E-state index in [0.29, 0.717) is 12.1 Å². The summed E-state index contributed by atoms with van der Waals surface area (Å²) >= 11 is 0. The van der Waals surface area contributed by atoms with E-state index in [1.165, 1.54) is 0 Å². The SMILES string of the molecule is CCC=NC(C)/C=C(\C=N)NC=O. The van der Waals surface area contributed by atoms with Gasteiger partial charge in [-0.1, -0.05) is 6.92 Å². The molecule has 1 unspecified atom stereocenters. The number of hydrogen-bond donors (Lipinski definition) is 2. The van der Waals surface area contributed by atoms with Gasteiger partial charge in [-0.05, 0) is 25.6 Å². The molecule has 0 aromatic carbocycles. The molecule has 0 bridgehead atoms. The molecular weight excluding hydrogens is 166 g/mol. The Hall–Kier alpha value is -1.45. The van der Waals surface area contributed by atoms with Crippen molar-refractivity contribution in [3.8, 4) is 0 Å². The van der Waals surface area contributed by atoms with Gasteiger partial charge in [0.2, 0.25) is 6.41 Å². The van der Waals surface area contributed by atoms with Crippen molar-refractivity contribution in [1.29, 1.82) is 5.41 Å². The summed E-state index contributed by atoms with van der Waals surface area (Å²) in [6.45, 7) is 3.89. The van der Waals surface area contributed by atoms with Gasteiger partial charge in [0.05, 0.1) is 11.7 Å². The average Bonchev–Trinajstić information content (AvgIpc) is 2.14. The third-order valence-corrected chi connectivity index (χ3v) is 1.32. The Kier molecular flexibility index (Phi) is 6.41. The highest BCUT2D eigenvalue weighted by atomic mass is 16.1. The van der Waals surface area contributed by atoms with Gasteiger partial charge in [-0.25, -0.2) is 0 Å². The van der Waals surface area contributed by atoms with Crippen molar-refractivity contribution in [1.82, 2.24) is 5.32 Å². The molecule has 0 aliphatic carbocycles. The summed E-state index contributed by atoms with van der Waals surface area (Å²) in [5, 5.41) is 9.37. The van der Waals surface area contributed by atoms with Crippen LogP contribution < -0.4 is 5.32 Å². The first kappa shape index (κ1) is 11.6. The van der Waals surface area contributed by atoms with Crippen molar-refractivity contribution in [2.24, 2.45) is 4.99 Å². The fraction of sp³-hybridized carbons (Fsp3) is 0.444. The molecule has 13 heavy (non-hydrogen) atoms. The smallest absolute Gasteiger partial charge is 0.211 e. The second kappa shape index (κ2) is 7.21. The number of nitrogens with one attached hydrogen (secondary N) is 2. The van der Waals surface area contributed by atoms with Crippen molar-refractivity contribution in [2.75, 3.05) is 0 Å². The van der Waals surface area contributed by atoms with Crippen LogP contribution in [0.15, 0.2) is 16.8 Å². The molecule has 0 aliphatic rings. The van der Waals surface area contributed by atoms with Crippen LogP contribution >= 0.6 is 0 Å². The molecule has 0 heterocycles. The topological polar surface area (TPSA) is 65.3 Å². The Labute approximate surface area is 78.3 Å². The van der Waals surface area contributed by atoms with Crippen molar-refractivity contribution < 1.29 is 4.79 Å². The van der Waals surface area contributed by atoms with E-state index in [1.807, 2.05) is 20.1 Å². The Morgan fingerprint density at radius 2 is 2.38 bits per heavy atom. The largest absolute Gasteiger partial charge is 0.328 e. The van der Waals surface area contributed by atoms with Gasteiger partial charge >= 0.3 is 0 Å². The Morgan fingerprint density at radius 3 is 2.85 bits per heavy atom. The van der Waals surface area contributed by atoms with E-state index < -0.39 is 0 Å². The number of carbonyl (C=O) groups excluding carboxylic acids is 1. The maximum atomic E-state index is 10.1. The summed E-state index contributed by atoms with van der Waals surface area (Å²) in [5.41, 5.74) is 0.468. The minimum absolute atomic E-state index is 0.0102. The number of allylic oxidation sites excluding steroid dienone is 1. The molecule has 0 aliphatic heterocycles. The molecule has 0 aromatic rings. The molecule has 4 heteroatoms. The fourth-order valence-corrected chi connectivity index (χ4v) is 0.781. The van der Waals surface area contributed by atoms with E-state index in [-0.39, 0.29) is 6.04 Å². The van der Waals surface area contributed by atoms with E-state index in [0.717, 1.165) is 12.6 Å². The number of nitrogens with zero attached hydrogens (tertiary/aromatic N) is 1. The summed E-state index contributed by atoms with van der Waals surface area (Å²) in [4.78, 5) is 14.2.